The number of rotatable bonds is 4. The second kappa shape index (κ2) is 7.92. The number of amides is 1. The summed E-state index contributed by atoms with van der Waals surface area (Å²) >= 11 is 4.39. The van der Waals surface area contributed by atoms with Crippen LogP contribution in [-0.4, -0.2) is 34.2 Å². The van der Waals surface area contributed by atoms with Crippen LogP contribution in [0.1, 0.15) is 51.5 Å². The number of nitrogens with one attached hydrogen (secondary N) is 1. The number of hydrogen-bond donors (Lipinski definition) is 1. The third-order valence-electron chi connectivity index (χ3n) is 7.05. The van der Waals surface area contributed by atoms with Crippen molar-refractivity contribution in [1.82, 2.24) is 0 Å². The molecule has 1 aromatic rings. The normalized spacial score (nSPS) is 31.9. The molecule has 1 spiro atoms. The van der Waals surface area contributed by atoms with Crippen LogP contribution in [-0.2, 0) is 11.2 Å². The third-order valence-corrected chi connectivity index (χ3v) is 11.1. The summed E-state index contributed by atoms with van der Waals surface area (Å²) in [7, 11) is 0. The summed E-state index contributed by atoms with van der Waals surface area (Å²) in [5.74, 6) is 5.84. The van der Waals surface area contributed by atoms with Crippen molar-refractivity contribution in [3.05, 3.63) is 17.7 Å². The third kappa shape index (κ3) is 3.54. The van der Waals surface area contributed by atoms with E-state index >= 15 is 0 Å². The smallest absolute Gasteiger partial charge is 0.227 e. The second-order valence-corrected chi connectivity index (χ2v) is 11.9. The molecule has 1 aromatic carbocycles. The number of carbonyl (C=O) groups excluding carboxylic acids is 1. The zero-order valence-electron chi connectivity index (χ0n) is 17.4. The summed E-state index contributed by atoms with van der Waals surface area (Å²) in [5.41, 5.74) is 1.93. The van der Waals surface area contributed by atoms with Crippen LogP contribution >= 0.6 is 23.5 Å². The number of hydrogen-bond acceptors (Lipinski definition) is 5. The fourth-order valence-corrected chi connectivity index (χ4v) is 9.81. The average molecular weight is 434 g/mol. The lowest BCUT2D eigenvalue weighted by Crippen LogP contribution is -2.48. The largest absolute Gasteiger partial charge is 0.492 e. The van der Waals surface area contributed by atoms with E-state index in [0.717, 1.165) is 36.4 Å². The van der Waals surface area contributed by atoms with Crippen molar-refractivity contribution in [3.8, 4) is 11.5 Å². The number of anilines is 1. The minimum Gasteiger partial charge on any atom is -0.492 e. The first-order chi connectivity index (χ1) is 14.1. The summed E-state index contributed by atoms with van der Waals surface area (Å²) in [5, 5.41) is 3.22. The molecular formula is C23H31NO3S2. The Morgan fingerprint density at radius 1 is 1.24 bits per heavy atom. The molecule has 0 aromatic heterocycles. The van der Waals surface area contributed by atoms with E-state index in [9.17, 15) is 4.79 Å². The van der Waals surface area contributed by atoms with Crippen molar-refractivity contribution in [2.75, 3.05) is 23.4 Å². The van der Waals surface area contributed by atoms with Gasteiger partial charge in [-0.25, -0.2) is 0 Å². The molecule has 3 fully saturated rings. The highest BCUT2D eigenvalue weighted by Crippen LogP contribution is 2.64. The van der Waals surface area contributed by atoms with Crippen LogP contribution < -0.4 is 14.8 Å². The van der Waals surface area contributed by atoms with Gasteiger partial charge in [0.1, 0.15) is 17.6 Å². The molecule has 1 saturated heterocycles. The standard InChI is InChI=1S/C23H31NO3S2/c1-3-26-21-12-15-9-14(2)27-20(15)13-19(21)24-22(25)16-10-17-5-4-6-18(11-16)23(17)28-7-8-29-23/h12-14,16-18H,3-11H2,1-2H3,(H,24,25)/t14-,16?,17-,18+/m0/s1. The van der Waals surface area contributed by atoms with Gasteiger partial charge in [-0.3, -0.25) is 4.79 Å². The topological polar surface area (TPSA) is 47.6 Å². The summed E-state index contributed by atoms with van der Waals surface area (Å²) < 4.78 is 12.2. The van der Waals surface area contributed by atoms with Crippen LogP contribution in [0.3, 0.4) is 0 Å². The maximum atomic E-state index is 13.3. The van der Waals surface area contributed by atoms with E-state index in [1.165, 1.54) is 36.3 Å². The van der Waals surface area contributed by atoms with Gasteiger partial charge in [0.15, 0.2) is 0 Å². The van der Waals surface area contributed by atoms with E-state index in [0.29, 0.717) is 22.5 Å². The van der Waals surface area contributed by atoms with Crippen molar-refractivity contribution < 1.29 is 14.3 Å². The predicted molar refractivity (Wildman–Crippen MR) is 121 cm³/mol. The SMILES string of the molecule is CCOc1cc2c(cc1NC(=O)C1C[C@H]3CCC[C@@H](C1)C31SCCS1)O[C@@H](C)C2. The number of benzene rings is 1. The monoisotopic (exact) mass is 433 g/mol. The average Bonchev–Trinajstić information content (AvgIpc) is 3.28. The molecule has 5 rings (SSSR count). The summed E-state index contributed by atoms with van der Waals surface area (Å²) in [6.07, 6.45) is 7.05. The van der Waals surface area contributed by atoms with Gasteiger partial charge < -0.3 is 14.8 Å². The maximum absolute atomic E-state index is 13.3. The molecule has 6 heteroatoms. The fraction of sp³-hybridized carbons (Fsp3) is 0.696. The van der Waals surface area contributed by atoms with E-state index in [1.54, 1.807) is 0 Å². The van der Waals surface area contributed by atoms with Gasteiger partial charge in [-0.05, 0) is 57.4 Å². The molecule has 2 aliphatic carbocycles. The maximum Gasteiger partial charge on any atom is 0.227 e. The molecule has 2 bridgehead atoms. The molecule has 1 amide bonds. The predicted octanol–water partition coefficient (Wildman–Crippen LogP) is 5.35. The van der Waals surface area contributed by atoms with Crippen LogP contribution in [0.15, 0.2) is 12.1 Å². The Hall–Kier alpha value is -1.01. The highest BCUT2D eigenvalue weighted by molar-refractivity contribution is 8.21. The highest BCUT2D eigenvalue weighted by atomic mass is 32.2. The Bertz CT molecular complexity index is 777. The minimum atomic E-state index is 0.111. The van der Waals surface area contributed by atoms with Gasteiger partial charge in [0.2, 0.25) is 5.91 Å². The molecule has 2 aliphatic heterocycles. The highest BCUT2D eigenvalue weighted by Gasteiger charge is 2.55. The number of thioether (sulfide) groups is 2. The van der Waals surface area contributed by atoms with Gasteiger partial charge >= 0.3 is 0 Å². The van der Waals surface area contributed by atoms with E-state index in [-0.39, 0.29) is 17.9 Å². The first-order valence-corrected chi connectivity index (χ1v) is 13.1. The molecule has 158 valence electrons. The number of carbonyl (C=O) groups is 1. The van der Waals surface area contributed by atoms with Crippen LogP contribution in [0, 0.1) is 17.8 Å². The van der Waals surface area contributed by atoms with E-state index in [4.69, 9.17) is 9.47 Å². The molecule has 4 atom stereocenters. The van der Waals surface area contributed by atoms with Crippen molar-refractivity contribution in [3.63, 3.8) is 0 Å². The van der Waals surface area contributed by atoms with Crippen molar-refractivity contribution in [2.45, 2.75) is 62.6 Å². The molecule has 2 heterocycles. The zero-order chi connectivity index (χ0) is 20.0. The lowest BCUT2D eigenvalue weighted by atomic mass is 9.67. The van der Waals surface area contributed by atoms with E-state index in [2.05, 4.69) is 35.8 Å². The lowest BCUT2D eigenvalue weighted by molar-refractivity contribution is -0.122. The van der Waals surface area contributed by atoms with Gasteiger partial charge in [0.25, 0.3) is 0 Å². The summed E-state index contributed by atoms with van der Waals surface area (Å²) in [6, 6.07) is 4.02. The molecule has 1 N–H and O–H groups in total. The molecule has 29 heavy (non-hydrogen) atoms. The van der Waals surface area contributed by atoms with Crippen molar-refractivity contribution >= 4 is 35.1 Å². The molecule has 0 radical (unpaired) electrons. The summed E-state index contributed by atoms with van der Waals surface area (Å²) in [4.78, 5) is 13.3. The lowest BCUT2D eigenvalue weighted by Gasteiger charge is -2.52. The Kier molecular flexibility index (Phi) is 5.44. The van der Waals surface area contributed by atoms with Gasteiger partial charge in [0, 0.05) is 35.5 Å². The van der Waals surface area contributed by atoms with Gasteiger partial charge in [0.05, 0.1) is 16.4 Å². The fourth-order valence-electron chi connectivity index (χ4n) is 5.87. The molecule has 4 aliphatic rings. The molecule has 1 unspecified atom stereocenters. The molecule has 4 nitrogen and oxygen atoms in total. The van der Waals surface area contributed by atoms with E-state index in [1.807, 2.05) is 19.1 Å². The molecule has 2 saturated carbocycles. The Morgan fingerprint density at radius 3 is 2.66 bits per heavy atom. The van der Waals surface area contributed by atoms with Gasteiger partial charge in [-0.1, -0.05) is 6.42 Å². The van der Waals surface area contributed by atoms with Crippen molar-refractivity contribution in [1.29, 1.82) is 0 Å². The quantitative estimate of drug-likeness (QED) is 0.694. The zero-order valence-corrected chi connectivity index (χ0v) is 19.0. The van der Waals surface area contributed by atoms with Crippen LogP contribution in [0.4, 0.5) is 5.69 Å². The number of fused-ring (bicyclic) bond motifs is 1. The molecular weight excluding hydrogens is 402 g/mol. The number of ether oxygens (including phenoxy) is 2. The Labute approximate surface area is 182 Å². The first kappa shape index (κ1) is 19.9. The minimum absolute atomic E-state index is 0.111. The van der Waals surface area contributed by atoms with Crippen LogP contribution in [0.25, 0.3) is 0 Å². The Morgan fingerprint density at radius 2 is 1.97 bits per heavy atom. The van der Waals surface area contributed by atoms with Crippen LogP contribution in [0.5, 0.6) is 11.5 Å². The second-order valence-electron chi connectivity index (χ2n) is 8.92. The van der Waals surface area contributed by atoms with E-state index < -0.39 is 0 Å². The first-order valence-electron chi connectivity index (χ1n) is 11.1. The van der Waals surface area contributed by atoms with Crippen LogP contribution in [0.2, 0.25) is 0 Å². The Balaban J connectivity index is 1.34. The van der Waals surface area contributed by atoms with Gasteiger partial charge in [-0.15, -0.1) is 23.5 Å². The van der Waals surface area contributed by atoms with Crippen molar-refractivity contribution in [2.24, 2.45) is 17.8 Å². The van der Waals surface area contributed by atoms with Gasteiger partial charge in [-0.2, -0.15) is 0 Å². The summed E-state index contributed by atoms with van der Waals surface area (Å²) in [6.45, 7) is 4.65.